The maximum atomic E-state index is 2.59. The minimum Gasteiger partial charge on any atom is -0.310 e. The lowest BCUT2D eigenvalue weighted by atomic mass is 9.65. The van der Waals surface area contributed by atoms with Crippen LogP contribution in [0.5, 0.6) is 0 Å². The monoisotopic (exact) mass is 972 g/mol. The number of fused-ring (bicyclic) bond motifs is 6. The molecule has 0 radical (unpaired) electrons. The predicted octanol–water partition coefficient (Wildman–Crippen LogP) is 20.5. The van der Waals surface area contributed by atoms with Gasteiger partial charge in [-0.05, 0) is 167 Å². The molecule has 2 aliphatic heterocycles. The van der Waals surface area contributed by atoms with E-state index in [0.717, 1.165) is 17.1 Å². The van der Waals surface area contributed by atoms with Gasteiger partial charge in [-0.1, -0.05) is 222 Å². The summed E-state index contributed by atoms with van der Waals surface area (Å²) in [6.45, 7) is 9.75. The highest BCUT2D eigenvalue weighted by molar-refractivity contribution is 6.07. The van der Waals surface area contributed by atoms with Crippen LogP contribution in [0.4, 0.5) is 34.1 Å². The van der Waals surface area contributed by atoms with Crippen molar-refractivity contribution in [1.29, 1.82) is 0 Å². The van der Waals surface area contributed by atoms with Crippen LogP contribution in [0.15, 0.2) is 267 Å². The SMILES string of the molecule is CC1(C)c2cc(-c3ccccc3)ccc2N2c3ccc(-c4ccccc4)cc3C(C)(C)c3cc(-c4cccc5c(N(c6ccc(-c7ccccc7)cc6)c6ccc(-c7ccc8ccccc8c7)cc6)cccc45)cc1c32. The van der Waals surface area contributed by atoms with Crippen LogP contribution in [0.25, 0.3) is 77.2 Å². The second-order valence-electron chi connectivity index (χ2n) is 21.7. The molecule has 0 spiro atoms. The first-order valence-corrected chi connectivity index (χ1v) is 26.7. The minimum absolute atomic E-state index is 0.328. The van der Waals surface area contributed by atoms with E-state index in [4.69, 9.17) is 0 Å². The Labute approximate surface area is 446 Å². The molecule has 0 atom stereocenters. The molecule has 2 nitrogen and oxygen atoms in total. The zero-order chi connectivity index (χ0) is 51.1. The third kappa shape index (κ3) is 7.39. The quantitative estimate of drug-likeness (QED) is 0.150. The van der Waals surface area contributed by atoms with E-state index >= 15 is 0 Å². The molecule has 76 heavy (non-hydrogen) atoms. The summed E-state index contributed by atoms with van der Waals surface area (Å²) in [5.74, 6) is 0. The molecule has 0 saturated carbocycles. The van der Waals surface area contributed by atoms with Gasteiger partial charge in [-0.3, -0.25) is 0 Å². The summed E-state index contributed by atoms with van der Waals surface area (Å²) in [5.41, 5.74) is 23.9. The lowest BCUT2D eigenvalue weighted by molar-refractivity contribution is 0.598. The van der Waals surface area contributed by atoms with E-state index in [1.807, 2.05) is 0 Å². The third-order valence-corrected chi connectivity index (χ3v) is 16.6. The van der Waals surface area contributed by atoms with Gasteiger partial charge in [0.15, 0.2) is 0 Å². The zero-order valence-corrected chi connectivity index (χ0v) is 43.3. The second kappa shape index (κ2) is 17.7. The van der Waals surface area contributed by atoms with E-state index in [0.29, 0.717) is 0 Å². The predicted molar refractivity (Wildman–Crippen MR) is 322 cm³/mol. The van der Waals surface area contributed by atoms with Gasteiger partial charge in [-0.15, -0.1) is 0 Å². The van der Waals surface area contributed by atoms with E-state index in [-0.39, 0.29) is 10.8 Å². The Balaban J connectivity index is 0.949. The summed E-state index contributed by atoms with van der Waals surface area (Å²) in [4.78, 5) is 5.03. The lowest BCUT2D eigenvalue weighted by Gasteiger charge is -2.50. The molecule has 0 unspecified atom stereocenters. The van der Waals surface area contributed by atoms with Gasteiger partial charge in [-0.2, -0.15) is 0 Å². The molecule has 0 N–H and O–H groups in total. The van der Waals surface area contributed by atoms with Crippen LogP contribution in [0.3, 0.4) is 0 Å². The molecular weight excluding hydrogens is 917 g/mol. The number of benzene rings is 12. The van der Waals surface area contributed by atoms with E-state index in [1.165, 1.54) is 116 Å². The second-order valence-corrected chi connectivity index (χ2v) is 21.7. The highest BCUT2D eigenvalue weighted by atomic mass is 15.2. The van der Waals surface area contributed by atoms with Gasteiger partial charge < -0.3 is 9.80 Å². The van der Waals surface area contributed by atoms with Crippen LogP contribution >= 0.6 is 0 Å². The Morgan fingerprint density at radius 3 is 1.25 bits per heavy atom. The van der Waals surface area contributed by atoms with Crippen molar-refractivity contribution in [2.45, 2.75) is 38.5 Å². The fraction of sp³-hybridized carbons (Fsp3) is 0.0811. The van der Waals surface area contributed by atoms with Crippen molar-refractivity contribution in [3.63, 3.8) is 0 Å². The van der Waals surface area contributed by atoms with Crippen LogP contribution in [0.1, 0.15) is 49.9 Å². The summed E-state index contributed by atoms with van der Waals surface area (Å²) >= 11 is 0. The topological polar surface area (TPSA) is 6.48 Å². The first kappa shape index (κ1) is 45.4. The van der Waals surface area contributed by atoms with Crippen molar-refractivity contribution in [2.75, 3.05) is 9.80 Å². The van der Waals surface area contributed by atoms with Crippen LogP contribution in [-0.2, 0) is 10.8 Å². The van der Waals surface area contributed by atoms with Gasteiger partial charge in [0, 0.05) is 27.6 Å². The molecule has 0 fully saturated rings. The van der Waals surface area contributed by atoms with E-state index in [9.17, 15) is 0 Å². The maximum absolute atomic E-state index is 2.59. The molecule has 0 aliphatic carbocycles. The van der Waals surface area contributed by atoms with Crippen molar-refractivity contribution in [3.8, 4) is 55.6 Å². The number of hydrogen-bond donors (Lipinski definition) is 0. The fourth-order valence-electron chi connectivity index (χ4n) is 12.5. The fourth-order valence-corrected chi connectivity index (χ4v) is 12.5. The number of nitrogens with zero attached hydrogens (tertiary/aromatic N) is 2. The molecule has 2 aliphatic rings. The molecule has 0 bridgehead atoms. The van der Waals surface area contributed by atoms with Gasteiger partial charge >= 0.3 is 0 Å². The van der Waals surface area contributed by atoms with Crippen LogP contribution in [0.2, 0.25) is 0 Å². The first-order chi connectivity index (χ1) is 37.2. The standard InChI is InChI=1S/C74H56N2/c1-73(2)65-45-57(50-20-10-6-11-21-50)36-42-70(65)76-71-43-37-58(51-22-12-7-13-23-51)46-66(71)74(3,4)68-48-59(47-67(73)72(68)76)62-26-16-28-64-63(62)27-17-29-69(64)75(60-38-32-53(33-39-60)49-18-8-5-9-19-49)61-40-34-54(35-41-61)56-31-30-52-24-14-15-25-55(52)44-56/h5-48H,1-4H3. The molecule has 0 saturated heterocycles. The van der Waals surface area contributed by atoms with E-state index < -0.39 is 0 Å². The molecule has 12 aromatic carbocycles. The average molecular weight is 973 g/mol. The normalized spacial score (nSPS) is 13.7. The Morgan fingerprint density at radius 1 is 0.289 bits per heavy atom. The zero-order valence-electron chi connectivity index (χ0n) is 43.3. The van der Waals surface area contributed by atoms with Gasteiger partial charge in [0.1, 0.15) is 0 Å². The van der Waals surface area contributed by atoms with Crippen molar-refractivity contribution in [2.24, 2.45) is 0 Å². The Hall–Kier alpha value is -9.24. The van der Waals surface area contributed by atoms with Gasteiger partial charge in [0.05, 0.1) is 22.7 Å². The Kier molecular flexibility index (Phi) is 10.6. The minimum atomic E-state index is -0.328. The molecule has 14 rings (SSSR count). The highest BCUT2D eigenvalue weighted by Gasteiger charge is 2.46. The van der Waals surface area contributed by atoms with E-state index in [1.54, 1.807) is 0 Å². The Bertz CT molecular complexity index is 4070. The smallest absolute Gasteiger partial charge is 0.0544 e. The van der Waals surface area contributed by atoms with Crippen LogP contribution < -0.4 is 9.80 Å². The maximum Gasteiger partial charge on any atom is 0.0544 e. The molecule has 12 aromatic rings. The van der Waals surface area contributed by atoms with Crippen molar-refractivity contribution in [3.05, 3.63) is 289 Å². The molecule has 362 valence electrons. The molecular formula is C74H56N2. The average Bonchev–Trinajstić information content (AvgIpc) is 3.61. The van der Waals surface area contributed by atoms with Gasteiger partial charge in [0.25, 0.3) is 0 Å². The lowest BCUT2D eigenvalue weighted by Crippen LogP contribution is -2.38. The number of hydrogen-bond acceptors (Lipinski definition) is 2. The largest absolute Gasteiger partial charge is 0.310 e. The van der Waals surface area contributed by atoms with Crippen LogP contribution in [0, 0.1) is 0 Å². The Morgan fingerprint density at radius 2 is 0.697 bits per heavy atom. The van der Waals surface area contributed by atoms with Gasteiger partial charge in [0.2, 0.25) is 0 Å². The summed E-state index contributed by atoms with van der Waals surface area (Å²) in [6, 6.07) is 98.9. The summed E-state index contributed by atoms with van der Waals surface area (Å²) in [7, 11) is 0. The number of rotatable bonds is 8. The summed E-state index contributed by atoms with van der Waals surface area (Å²) < 4.78 is 0. The third-order valence-electron chi connectivity index (χ3n) is 16.6. The molecule has 2 heteroatoms. The number of anilines is 6. The van der Waals surface area contributed by atoms with Crippen molar-refractivity contribution in [1.82, 2.24) is 0 Å². The van der Waals surface area contributed by atoms with E-state index in [2.05, 4.69) is 304 Å². The summed E-state index contributed by atoms with van der Waals surface area (Å²) in [5, 5.41) is 4.89. The van der Waals surface area contributed by atoms with Crippen molar-refractivity contribution >= 4 is 55.7 Å². The molecule has 0 amide bonds. The summed E-state index contributed by atoms with van der Waals surface area (Å²) in [6.07, 6.45) is 0. The van der Waals surface area contributed by atoms with Crippen LogP contribution in [-0.4, -0.2) is 0 Å². The molecule has 2 heterocycles. The first-order valence-electron chi connectivity index (χ1n) is 26.7. The highest BCUT2D eigenvalue weighted by Crippen LogP contribution is 2.62. The van der Waals surface area contributed by atoms with Crippen molar-refractivity contribution < 1.29 is 0 Å². The van der Waals surface area contributed by atoms with Gasteiger partial charge in [-0.25, -0.2) is 0 Å². The molecule has 0 aromatic heterocycles.